The molecule has 0 aliphatic carbocycles. The lowest BCUT2D eigenvalue weighted by Crippen LogP contribution is -1.98. The van der Waals surface area contributed by atoms with Crippen LogP contribution < -0.4 is 0 Å². The molecule has 68 valence electrons. The fourth-order valence-corrected chi connectivity index (χ4v) is 1.60. The van der Waals surface area contributed by atoms with Crippen LogP contribution >= 0.6 is 15.9 Å². The largest absolute Gasteiger partial charge is 0.224 e. The quantitative estimate of drug-likeness (QED) is 0.708. The Bertz CT molecular complexity index is 480. The topological polar surface area (TPSA) is 17.8 Å². The molecule has 0 bridgehead atoms. The smallest absolute Gasteiger partial charge is 0.130 e. The summed E-state index contributed by atoms with van der Waals surface area (Å²) in [4.78, 5) is 0. The second-order valence-electron chi connectivity index (χ2n) is 2.73. The van der Waals surface area contributed by atoms with Crippen molar-refractivity contribution in [3.8, 4) is 18.0 Å². The van der Waals surface area contributed by atoms with E-state index in [1.165, 1.54) is 0 Å². The maximum absolute atomic E-state index is 5.39. The molecule has 14 heavy (non-hydrogen) atoms. The van der Waals surface area contributed by atoms with E-state index in [4.69, 9.17) is 6.42 Å². The summed E-state index contributed by atoms with van der Waals surface area (Å²) < 4.78 is 2.56. The third-order valence-corrected chi connectivity index (χ3v) is 2.44. The number of rotatable bonds is 1. The Labute approximate surface area is 90.7 Å². The van der Waals surface area contributed by atoms with Crippen molar-refractivity contribution < 1.29 is 0 Å². The highest BCUT2D eigenvalue weighted by atomic mass is 79.9. The molecule has 0 saturated carbocycles. The van der Waals surface area contributed by atoms with Crippen LogP contribution in [0.25, 0.3) is 5.69 Å². The molecule has 2 nitrogen and oxygen atoms in total. The van der Waals surface area contributed by atoms with Crippen molar-refractivity contribution in [3.05, 3.63) is 46.7 Å². The van der Waals surface area contributed by atoms with Crippen LogP contribution in [0.5, 0.6) is 0 Å². The molecule has 0 radical (unpaired) electrons. The van der Waals surface area contributed by atoms with E-state index in [1.54, 1.807) is 10.9 Å². The van der Waals surface area contributed by atoms with Crippen molar-refractivity contribution in [2.24, 2.45) is 0 Å². The maximum Gasteiger partial charge on any atom is 0.130 e. The molecule has 0 atom stereocenters. The monoisotopic (exact) mass is 246 g/mol. The first-order valence-corrected chi connectivity index (χ1v) is 4.88. The third kappa shape index (κ3) is 1.45. The minimum Gasteiger partial charge on any atom is -0.224 e. The van der Waals surface area contributed by atoms with Crippen molar-refractivity contribution in [1.82, 2.24) is 9.78 Å². The number of halogens is 1. The second kappa shape index (κ2) is 3.69. The molecule has 2 rings (SSSR count). The summed E-state index contributed by atoms with van der Waals surface area (Å²) >= 11 is 3.35. The van der Waals surface area contributed by atoms with Crippen LogP contribution in [0.15, 0.2) is 41.0 Å². The van der Waals surface area contributed by atoms with Gasteiger partial charge in [-0.15, -0.1) is 6.42 Å². The van der Waals surface area contributed by atoms with Crippen molar-refractivity contribution in [2.75, 3.05) is 0 Å². The number of para-hydroxylation sites is 1. The first-order valence-electron chi connectivity index (χ1n) is 4.08. The van der Waals surface area contributed by atoms with Gasteiger partial charge in [-0.05, 0) is 34.0 Å². The van der Waals surface area contributed by atoms with Crippen LogP contribution in [0.2, 0.25) is 0 Å². The summed E-state index contributed by atoms with van der Waals surface area (Å²) in [6.45, 7) is 0. The van der Waals surface area contributed by atoms with Gasteiger partial charge in [0.15, 0.2) is 0 Å². The fourth-order valence-electron chi connectivity index (χ4n) is 1.22. The Kier molecular flexibility index (Phi) is 2.38. The number of aromatic nitrogens is 2. The average Bonchev–Trinajstić information content (AvgIpc) is 2.61. The normalized spacial score (nSPS) is 9.71. The predicted octanol–water partition coefficient (Wildman–Crippen LogP) is 2.62. The molecule has 0 fully saturated rings. The lowest BCUT2D eigenvalue weighted by molar-refractivity contribution is 0.868. The zero-order valence-electron chi connectivity index (χ0n) is 7.31. The van der Waals surface area contributed by atoms with E-state index >= 15 is 0 Å². The Balaban J connectivity index is 2.59. The lowest BCUT2D eigenvalue weighted by atomic mass is 10.3. The summed E-state index contributed by atoms with van der Waals surface area (Å²) in [5.41, 5.74) is 1.70. The Morgan fingerprint density at radius 3 is 2.64 bits per heavy atom. The van der Waals surface area contributed by atoms with E-state index in [9.17, 15) is 0 Å². The van der Waals surface area contributed by atoms with Gasteiger partial charge in [-0.1, -0.05) is 18.2 Å². The van der Waals surface area contributed by atoms with E-state index in [1.807, 2.05) is 30.3 Å². The minimum atomic E-state index is 0.733. The molecule has 1 heterocycles. The molecule has 0 spiro atoms. The van der Waals surface area contributed by atoms with E-state index in [2.05, 4.69) is 26.9 Å². The molecule has 1 aromatic carbocycles. The fraction of sp³-hybridized carbons (Fsp3) is 0. The van der Waals surface area contributed by atoms with E-state index in [0.717, 1.165) is 15.9 Å². The molecule has 0 amide bonds. The van der Waals surface area contributed by atoms with Gasteiger partial charge in [0.1, 0.15) is 5.69 Å². The SMILES string of the molecule is C#Cc1c(Br)cnn1-c1ccccc1. The van der Waals surface area contributed by atoms with Crippen LogP contribution in [0.3, 0.4) is 0 Å². The zero-order chi connectivity index (χ0) is 9.97. The van der Waals surface area contributed by atoms with Crippen molar-refractivity contribution >= 4 is 15.9 Å². The van der Waals surface area contributed by atoms with Gasteiger partial charge in [-0.2, -0.15) is 5.10 Å². The van der Waals surface area contributed by atoms with Crippen LogP contribution in [0.1, 0.15) is 5.69 Å². The van der Waals surface area contributed by atoms with Crippen LogP contribution in [0.4, 0.5) is 0 Å². The number of nitrogens with zero attached hydrogens (tertiary/aromatic N) is 2. The van der Waals surface area contributed by atoms with Gasteiger partial charge >= 0.3 is 0 Å². The molecular formula is C11H7BrN2. The molecule has 1 aromatic heterocycles. The lowest BCUT2D eigenvalue weighted by Gasteiger charge is -2.02. The second-order valence-corrected chi connectivity index (χ2v) is 3.59. The highest BCUT2D eigenvalue weighted by Crippen LogP contribution is 2.18. The average molecular weight is 247 g/mol. The molecule has 3 heteroatoms. The van der Waals surface area contributed by atoms with Crippen LogP contribution in [0, 0.1) is 12.3 Å². The first-order chi connectivity index (χ1) is 6.83. The van der Waals surface area contributed by atoms with Gasteiger partial charge < -0.3 is 0 Å². The van der Waals surface area contributed by atoms with Crippen molar-refractivity contribution in [2.45, 2.75) is 0 Å². The summed E-state index contributed by atoms with van der Waals surface area (Å²) in [6.07, 6.45) is 7.09. The van der Waals surface area contributed by atoms with Gasteiger partial charge in [0.25, 0.3) is 0 Å². The summed E-state index contributed by atoms with van der Waals surface area (Å²) in [5, 5.41) is 4.18. The standard InChI is InChI=1S/C11H7BrN2/c1-2-11-10(12)8-13-14(11)9-6-4-3-5-7-9/h1,3-8H. The summed E-state index contributed by atoms with van der Waals surface area (Å²) in [6, 6.07) is 9.77. The zero-order valence-corrected chi connectivity index (χ0v) is 8.90. The Hall–Kier alpha value is -1.53. The van der Waals surface area contributed by atoms with E-state index < -0.39 is 0 Å². The Morgan fingerprint density at radius 1 is 1.29 bits per heavy atom. The molecule has 0 aliphatic heterocycles. The van der Waals surface area contributed by atoms with Crippen LogP contribution in [-0.4, -0.2) is 9.78 Å². The van der Waals surface area contributed by atoms with Gasteiger partial charge in [0, 0.05) is 0 Å². The molecule has 2 aromatic rings. The maximum atomic E-state index is 5.39. The van der Waals surface area contributed by atoms with Gasteiger partial charge in [-0.25, -0.2) is 4.68 Å². The number of benzene rings is 1. The van der Waals surface area contributed by atoms with E-state index in [0.29, 0.717) is 0 Å². The third-order valence-electron chi connectivity index (χ3n) is 1.86. The number of hydrogen-bond donors (Lipinski definition) is 0. The highest BCUT2D eigenvalue weighted by Gasteiger charge is 2.06. The van der Waals surface area contributed by atoms with Gasteiger partial charge in [0.2, 0.25) is 0 Å². The molecule has 0 unspecified atom stereocenters. The van der Waals surface area contributed by atoms with Crippen molar-refractivity contribution in [3.63, 3.8) is 0 Å². The summed E-state index contributed by atoms with van der Waals surface area (Å²) in [7, 11) is 0. The van der Waals surface area contributed by atoms with Gasteiger partial charge in [0.05, 0.1) is 16.4 Å². The molecule has 0 saturated heterocycles. The first kappa shape index (κ1) is 9.04. The number of hydrogen-bond acceptors (Lipinski definition) is 1. The molecule has 0 N–H and O–H groups in total. The molecular weight excluding hydrogens is 240 g/mol. The highest BCUT2D eigenvalue weighted by molar-refractivity contribution is 9.10. The molecule has 0 aliphatic rings. The van der Waals surface area contributed by atoms with Crippen LogP contribution in [-0.2, 0) is 0 Å². The minimum absolute atomic E-state index is 0.733. The van der Waals surface area contributed by atoms with Crippen molar-refractivity contribution in [1.29, 1.82) is 0 Å². The summed E-state index contributed by atoms with van der Waals surface area (Å²) in [5.74, 6) is 2.60. The van der Waals surface area contributed by atoms with Gasteiger partial charge in [-0.3, -0.25) is 0 Å². The predicted molar refractivity (Wildman–Crippen MR) is 59.2 cm³/mol. The van der Waals surface area contributed by atoms with E-state index in [-0.39, 0.29) is 0 Å². The Morgan fingerprint density at radius 2 is 2.00 bits per heavy atom. The number of terminal acetylenes is 1.